The maximum Gasteiger partial charge on any atom is 0.222 e. The molecule has 1 aromatic rings. The van der Waals surface area contributed by atoms with Crippen molar-refractivity contribution in [3.63, 3.8) is 0 Å². The molecule has 4 heteroatoms. The van der Waals surface area contributed by atoms with E-state index in [1.54, 1.807) is 19.5 Å². The van der Waals surface area contributed by atoms with E-state index in [0.717, 1.165) is 6.54 Å². The van der Waals surface area contributed by atoms with Crippen LogP contribution in [0.2, 0.25) is 0 Å². The second-order valence-corrected chi connectivity index (χ2v) is 4.24. The number of anilines is 1. The topological polar surface area (TPSA) is 47.0 Å². The number of rotatable bonds is 8. The van der Waals surface area contributed by atoms with Gasteiger partial charge in [0.05, 0.1) is 19.5 Å². The number of nitrogens with zero attached hydrogens (tertiary/aromatic N) is 2. The number of hydrogen-bond acceptors (Lipinski definition) is 4. The normalized spacial score (nSPS) is 12.2. The molecule has 0 aliphatic heterocycles. The molecule has 0 amide bonds. The molecule has 0 aromatic carbocycles. The van der Waals surface area contributed by atoms with Gasteiger partial charge < -0.3 is 10.1 Å². The van der Waals surface area contributed by atoms with Crippen molar-refractivity contribution in [3.8, 4) is 5.75 Å². The van der Waals surface area contributed by atoms with Crippen LogP contribution in [-0.4, -0.2) is 23.6 Å². The minimum atomic E-state index is 0.681. The van der Waals surface area contributed by atoms with Crippen molar-refractivity contribution < 1.29 is 4.74 Å². The van der Waals surface area contributed by atoms with Gasteiger partial charge in [0.15, 0.2) is 5.75 Å². The standard InChI is InChI=1S/C13H23N3O/c1-4-6-7-11(5-2)8-14-13-15-9-12(17-3)10-16-13/h9-11H,4-8H2,1-3H3,(H,14,15,16). The monoisotopic (exact) mass is 237 g/mol. The van der Waals surface area contributed by atoms with Crippen molar-refractivity contribution in [2.45, 2.75) is 39.5 Å². The van der Waals surface area contributed by atoms with Gasteiger partial charge in [-0.15, -0.1) is 0 Å². The fraction of sp³-hybridized carbons (Fsp3) is 0.692. The fourth-order valence-electron chi connectivity index (χ4n) is 1.69. The van der Waals surface area contributed by atoms with Gasteiger partial charge in [-0.3, -0.25) is 0 Å². The molecule has 1 rings (SSSR count). The molecule has 4 nitrogen and oxygen atoms in total. The summed E-state index contributed by atoms with van der Waals surface area (Å²) in [5.41, 5.74) is 0. The summed E-state index contributed by atoms with van der Waals surface area (Å²) in [4.78, 5) is 8.38. The summed E-state index contributed by atoms with van der Waals surface area (Å²) in [6.07, 6.45) is 8.39. The molecule has 0 fully saturated rings. The third-order valence-corrected chi connectivity index (χ3v) is 2.96. The van der Waals surface area contributed by atoms with Crippen LogP contribution in [0.3, 0.4) is 0 Å². The molecule has 0 spiro atoms. The van der Waals surface area contributed by atoms with Gasteiger partial charge in [0.25, 0.3) is 0 Å². The molecule has 0 saturated heterocycles. The molecule has 1 heterocycles. The Kier molecular flexibility index (Phi) is 6.37. The number of unbranched alkanes of at least 4 members (excludes halogenated alkanes) is 1. The maximum absolute atomic E-state index is 5.02. The molecular formula is C13H23N3O. The highest BCUT2D eigenvalue weighted by Crippen LogP contribution is 2.13. The third kappa shape index (κ3) is 5.02. The molecule has 0 radical (unpaired) electrons. The summed E-state index contributed by atoms with van der Waals surface area (Å²) in [7, 11) is 1.61. The van der Waals surface area contributed by atoms with Crippen LogP contribution in [0.1, 0.15) is 39.5 Å². The van der Waals surface area contributed by atoms with Crippen LogP contribution in [-0.2, 0) is 0 Å². The lowest BCUT2D eigenvalue weighted by molar-refractivity contribution is 0.410. The van der Waals surface area contributed by atoms with Crippen molar-refractivity contribution >= 4 is 5.95 Å². The summed E-state index contributed by atoms with van der Waals surface area (Å²) < 4.78 is 5.02. The van der Waals surface area contributed by atoms with Crippen LogP contribution in [0.5, 0.6) is 5.75 Å². The van der Waals surface area contributed by atoms with Crippen LogP contribution in [0.15, 0.2) is 12.4 Å². The van der Waals surface area contributed by atoms with E-state index >= 15 is 0 Å². The van der Waals surface area contributed by atoms with Gasteiger partial charge in [0.1, 0.15) is 0 Å². The van der Waals surface area contributed by atoms with Crippen molar-refractivity contribution in [2.24, 2.45) is 5.92 Å². The fourth-order valence-corrected chi connectivity index (χ4v) is 1.69. The van der Waals surface area contributed by atoms with Crippen LogP contribution < -0.4 is 10.1 Å². The Morgan fingerprint density at radius 3 is 2.53 bits per heavy atom. The van der Waals surface area contributed by atoms with Crippen molar-refractivity contribution in [3.05, 3.63) is 12.4 Å². The quantitative estimate of drug-likeness (QED) is 0.754. The second kappa shape index (κ2) is 7.87. The Morgan fingerprint density at radius 2 is 2.00 bits per heavy atom. The van der Waals surface area contributed by atoms with Crippen molar-refractivity contribution in [2.75, 3.05) is 19.0 Å². The summed E-state index contributed by atoms with van der Waals surface area (Å²) in [5.74, 6) is 2.08. The summed E-state index contributed by atoms with van der Waals surface area (Å²) in [6, 6.07) is 0. The molecule has 1 unspecified atom stereocenters. The van der Waals surface area contributed by atoms with Gasteiger partial charge in [-0.05, 0) is 12.3 Å². The highest BCUT2D eigenvalue weighted by atomic mass is 16.5. The molecule has 0 bridgehead atoms. The number of nitrogens with one attached hydrogen (secondary N) is 1. The summed E-state index contributed by atoms with van der Waals surface area (Å²) in [5, 5.41) is 3.28. The Bertz CT molecular complexity index is 300. The maximum atomic E-state index is 5.02. The zero-order valence-electron chi connectivity index (χ0n) is 11.1. The minimum Gasteiger partial charge on any atom is -0.494 e. The van der Waals surface area contributed by atoms with Crippen LogP contribution in [0.25, 0.3) is 0 Å². The molecule has 0 aliphatic carbocycles. The first-order chi connectivity index (χ1) is 8.30. The number of ether oxygens (including phenoxy) is 1. The smallest absolute Gasteiger partial charge is 0.222 e. The van der Waals surface area contributed by atoms with E-state index in [9.17, 15) is 0 Å². The second-order valence-electron chi connectivity index (χ2n) is 4.24. The molecular weight excluding hydrogens is 214 g/mol. The molecule has 1 atom stereocenters. The van der Waals surface area contributed by atoms with E-state index in [2.05, 4.69) is 29.1 Å². The SMILES string of the molecule is CCCCC(CC)CNc1ncc(OC)cn1. The average Bonchev–Trinajstić information content (AvgIpc) is 2.39. The highest BCUT2D eigenvalue weighted by Gasteiger charge is 2.06. The average molecular weight is 237 g/mol. The molecule has 0 aliphatic rings. The molecule has 96 valence electrons. The minimum absolute atomic E-state index is 0.681. The van der Waals surface area contributed by atoms with E-state index in [4.69, 9.17) is 4.74 Å². The van der Waals surface area contributed by atoms with Gasteiger partial charge in [0, 0.05) is 6.54 Å². The molecule has 1 N–H and O–H groups in total. The predicted molar refractivity (Wildman–Crippen MR) is 70.4 cm³/mol. The van der Waals surface area contributed by atoms with E-state index < -0.39 is 0 Å². The van der Waals surface area contributed by atoms with Crippen molar-refractivity contribution in [1.82, 2.24) is 9.97 Å². The predicted octanol–water partition coefficient (Wildman–Crippen LogP) is 3.11. The summed E-state index contributed by atoms with van der Waals surface area (Å²) >= 11 is 0. The summed E-state index contributed by atoms with van der Waals surface area (Å²) in [6.45, 7) is 5.41. The largest absolute Gasteiger partial charge is 0.494 e. The van der Waals surface area contributed by atoms with Crippen LogP contribution in [0, 0.1) is 5.92 Å². The van der Waals surface area contributed by atoms with Gasteiger partial charge in [-0.1, -0.05) is 33.1 Å². The van der Waals surface area contributed by atoms with E-state index in [1.165, 1.54) is 25.7 Å². The van der Waals surface area contributed by atoms with Crippen LogP contribution in [0.4, 0.5) is 5.95 Å². The lowest BCUT2D eigenvalue weighted by Gasteiger charge is -2.15. The number of hydrogen-bond donors (Lipinski definition) is 1. The molecule has 17 heavy (non-hydrogen) atoms. The van der Waals surface area contributed by atoms with Gasteiger partial charge in [-0.25, -0.2) is 9.97 Å². The Hall–Kier alpha value is -1.32. The van der Waals surface area contributed by atoms with E-state index in [1.807, 2.05) is 0 Å². The van der Waals surface area contributed by atoms with Crippen LogP contribution >= 0.6 is 0 Å². The number of aromatic nitrogens is 2. The third-order valence-electron chi connectivity index (χ3n) is 2.96. The Morgan fingerprint density at radius 1 is 1.29 bits per heavy atom. The van der Waals surface area contributed by atoms with Gasteiger partial charge in [-0.2, -0.15) is 0 Å². The first-order valence-electron chi connectivity index (χ1n) is 6.40. The first-order valence-corrected chi connectivity index (χ1v) is 6.40. The van der Waals surface area contributed by atoms with Gasteiger partial charge >= 0.3 is 0 Å². The lowest BCUT2D eigenvalue weighted by atomic mass is 9.99. The molecule has 0 saturated carbocycles. The van der Waals surface area contributed by atoms with Crippen molar-refractivity contribution in [1.29, 1.82) is 0 Å². The number of methoxy groups -OCH3 is 1. The Balaban J connectivity index is 2.36. The first kappa shape index (κ1) is 13.7. The zero-order chi connectivity index (χ0) is 12.5. The Labute approximate surface area is 104 Å². The zero-order valence-corrected chi connectivity index (χ0v) is 11.1. The van der Waals surface area contributed by atoms with E-state index in [-0.39, 0.29) is 0 Å². The highest BCUT2D eigenvalue weighted by molar-refractivity contribution is 5.26. The van der Waals surface area contributed by atoms with Gasteiger partial charge in [0.2, 0.25) is 5.95 Å². The molecule has 1 aromatic heterocycles. The lowest BCUT2D eigenvalue weighted by Crippen LogP contribution is -2.15. The van der Waals surface area contributed by atoms with E-state index in [0.29, 0.717) is 17.6 Å².